The number of hydrogen-bond acceptors (Lipinski definition) is 6. The van der Waals surface area contributed by atoms with Gasteiger partial charge < -0.3 is 14.6 Å². The fourth-order valence-corrected chi connectivity index (χ4v) is 4.18. The van der Waals surface area contributed by atoms with E-state index in [1.165, 1.54) is 13.0 Å². The molecule has 24 heavy (non-hydrogen) atoms. The highest BCUT2D eigenvalue weighted by Gasteiger charge is 2.47. The summed E-state index contributed by atoms with van der Waals surface area (Å²) in [7, 11) is 0. The zero-order chi connectivity index (χ0) is 17.5. The van der Waals surface area contributed by atoms with Crippen molar-refractivity contribution in [3.63, 3.8) is 0 Å². The maximum absolute atomic E-state index is 12.4. The van der Waals surface area contributed by atoms with E-state index < -0.39 is 11.6 Å². The normalized spacial score (nSPS) is 41.4. The molecule has 134 valence electrons. The SMILES string of the molecule is CC1=CC(=O)O[C@@H]2CCN3CC[C@H](COC(=O)[C@](C)(O)[C@H](C)C1)[C@H]23. The van der Waals surface area contributed by atoms with E-state index in [1.54, 1.807) is 6.92 Å². The molecule has 0 aromatic rings. The number of ether oxygens (including phenoxy) is 2. The number of allylic oxidation sites excluding steroid dienone is 1. The number of nitrogens with zero attached hydrogens (tertiary/aromatic N) is 1. The lowest BCUT2D eigenvalue weighted by atomic mass is 9.85. The lowest BCUT2D eigenvalue weighted by Crippen LogP contribution is -2.44. The molecular weight excluding hydrogens is 310 g/mol. The second-order valence-electron chi connectivity index (χ2n) is 7.68. The van der Waals surface area contributed by atoms with Gasteiger partial charge in [-0.1, -0.05) is 12.5 Å². The molecule has 0 amide bonds. The molecule has 0 saturated carbocycles. The zero-order valence-corrected chi connectivity index (χ0v) is 14.7. The number of carbonyl (C=O) groups excluding carboxylic acids is 2. The van der Waals surface area contributed by atoms with Gasteiger partial charge in [-0.05, 0) is 45.6 Å². The van der Waals surface area contributed by atoms with Gasteiger partial charge in [0, 0.05) is 18.5 Å². The summed E-state index contributed by atoms with van der Waals surface area (Å²) in [4.78, 5) is 26.9. The lowest BCUT2D eigenvalue weighted by molar-refractivity contribution is -0.171. The summed E-state index contributed by atoms with van der Waals surface area (Å²) in [6, 6.07) is 0.110. The molecule has 3 aliphatic heterocycles. The quantitative estimate of drug-likeness (QED) is 0.671. The summed E-state index contributed by atoms with van der Waals surface area (Å²) in [5, 5.41) is 10.6. The number of rotatable bonds is 0. The third kappa shape index (κ3) is 3.22. The monoisotopic (exact) mass is 337 g/mol. The Balaban J connectivity index is 1.86. The molecule has 0 aromatic heterocycles. The minimum atomic E-state index is -1.57. The van der Waals surface area contributed by atoms with Crippen LogP contribution in [0.25, 0.3) is 0 Å². The average Bonchev–Trinajstić information content (AvgIpc) is 3.06. The highest BCUT2D eigenvalue weighted by atomic mass is 16.6. The maximum Gasteiger partial charge on any atom is 0.338 e. The van der Waals surface area contributed by atoms with E-state index in [1.807, 2.05) is 6.92 Å². The van der Waals surface area contributed by atoms with Crippen molar-refractivity contribution in [2.75, 3.05) is 19.7 Å². The molecular formula is C18H27NO5. The Labute approximate surface area is 142 Å². The van der Waals surface area contributed by atoms with Gasteiger partial charge >= 0.3 is 11.9 Å². The van der Waals surface area contributed by atoms with E-state index in [-0.39, 0.29) is 36.6 Å². The standard InChI is InChI=1S/C18H27NO5/c1-11-8-12(2)18(3,22)17(21)23-10-13-4-6-19-7-5-14(16(13)19)24-15(20)9-11/h9,12-14,16,22H,4-8,10H2,1-3H3/t12-,13-,14-,16-,18-/m1/s1. The number of aliphatic hydroxyl groups is 1. The first-order valence-electron chi connectivity index (χ1n) is 8.80. The Morgan fingerprint density at radius 1 is 1.29 bits per heavy atom. The number of cyclic esters (lactones) is 1. The fraction of sp³-hybridized carbons (Fsp3) is 0.778. The van der Waals surface area contributed by atoms with Crippen LogP contribution < -0.4 is 0 Å². The summed E-state index contributed by atoms with van der Waals surface area (Å²) in [5.74, 6) is -1.12. The van der Waals surface area contributed by atoms with E-state index in [2.05, 4.69) is 4.90 Å². The first kappa shape index (κ1) is 17.4. The maximum atomic E-state index is 12.4. The second-order valence-corrected chi connectivity index (χ2v) is 7.68. The van der Waals surface area contributed by atoms with Crippen molar-refractivity contribution in [1.82, 2.24) is 4.90 Å². The van der Waals surface area contributed by atoms with Gasteiger partial charge in [0.2, 0.25) is 0 Å². The molecule has 3 rings (SSSR count). The molecule has 3 aliphatic rings. The molecule has 0 aromatic carbocycles. The van der Waals surface area contributed by atoms with E-state index in [9.17, 15) is 14.7 Å². The van der Waals surface area contributed by atoms with E-state index in [0.717, 1.165) is 31.5 Å². The van der Waals surface area contributed by atoms with Crippen molar-refractivity contribution in [3.8, 4) is 0 Å². The Morgan fingerprint density at radius 2 is 2.00 bits per heavy atom. The molecule has 3 heterocycles. The molecule has 0 unspecified atom stereocenters. The van der Waals surface area contributed by atoms with Gasteiger partial charge in [-0.25, -0.2) is 9.59 Å². The van der Waals surface area contributed by atoms with Crippen LogP contribution >= 0.6 is 0 Å². The summed E-state index contributed by atoms with van der Waals surface area (Å²) < 4.78 is 11.2. The van der Waals surface area contributed by atoms with E-state index in [4.69, 9.17) is 9.47 Å². The lowest BCUT2D eigenvalue weighted by Gasteiger charge is -2.29. The second kappa shape index (κ2) is 6.48. The molecule has 0 spiro atoms. The van der Waals surface area contributed by atoms with Crippen molar-refractivity contribution in [2.24, 2.45) is 11.8 Å². The predicted molar refractivity (Wildman–Crippen MR) is 87.1 cm³/mol. The Morgan fingerprint density at radius 3 is 2.75 bits per heavy atom. The van der Waals surface area contributed by atoms with Crippen molar-refractivity contribution >= 4 is 11.9 Å². The Bertz CT molecular complexity index is 556. The smallest absolute Gasteiger partial charge is 0.338 e. The highest BCUT2D eigenvalue weighted by Crippen LogP contribution is 2.36. The molecule has 0 bridgehead atoms. The summed E-state index contributed by atoms with van der Waals surface area (Å²) in [5.41, 5.74) is -0.780. The van der Waals surface area contributed by atoms with Gasteiger partial charge in [0.15, 0.2) is 5.60 Å². The van der Waals surface area contributed by atoms with Crippen LogP contribution in [0, 0.1) is 11.8 Å². The number of hydrogen-bond donors (Lipinski definition) is 1. The van der Waals surface area contributed by atoms with Crippen molar-refractivity contribution in [2.45, 2.75) is 57.8 Å². The zero-order valence-electron chi connectivity index (χ0n) is 14.7. The van der Waals surface area contributed by atoms with E-state index in [0.29, 0.717) is 6.42 Å². The molecule has 2 fully saturated rings. The summed E-state index contributed by atoms with van der Waals surface area (Å²) in [6.45, 7) is 7.20. The van der Waals surface area contributed by atoms with Gasteiger partial charge in [-0.3, -0.25) is 4.90 Å². The molecule has 5 atom stereocenters. The first-order chi connectivity index (χ1) is 11.3. The minimum Gasteiger partial charge on any atom is -0.463 e. The first-order valence-corrected chi connectivity index (χ1v) is 8.80. The summed E-state index contributed by atoms with van der Waals surface area (Å²) in [6.07, 6.45) is 3.51. The van der Waals surface area contributed by atoms with Crippen LogP contribution in [0.2, 0.25) is 0 Å². The molecule has 0 aliphatic carbocycles. The Kier molecular flexibility index (Phi) is 4.71. The Hall–Kier alpha value is -1.40. The predicted octanol–water partition coefficient (Wildman–Crippen LogP) is 1.27. The van der Waals surface area contributed by atoms with Crippen molar-refractivity contribution in [3.05, 3.63) is 11.6 Å². The van der Waals surface area contributed by atoms with Crippen LogP contribution in [0.5, 0.6) is 0 Å². The van der Waals surface area contributed by atoms with Gasteiger partial charge in [-0.2, -0.15) is 0 Å². The number of carbonyl (C=O) groups is 2. The summed E-state index contributed by atoms with van der Waals surface area (Å²) >= 11 is 0. The van der Waals surface area contributed by atoms with Gasteiger partial charge in [-0.15, -0.1) is 0 Å². The van der Waals surface area contributed by atoms with Crippen LogP contribution in [0.3, 0.4) is 0 Å². The molecule has 2 saturated heterocycles. The molecule has 0 radical (unpaired) electrons. The largest absolute Gasteiger partial charge is 0.463 e. The fourth-order valence-electron chi connectivity index (χ4n) is 4.18. The molecule has 1 N–H and O–H groups in total. The average molecular weight is 337 g/mol. The molecule has 6 nitrogen and oxygen atoms in total. The minimum absolute atomic E-state index is 0.110. The number of esters is 2. The highest BCUT2D eigenvalue weighted by molar-refractivity contribution is 5.83. The third-order valence-electron chi connectivity index (χ3n) is 5.83. The van der Waals surface area contributed by atoms with Crippen LogP contribution in [0.15, 0.2) is 11.6 Å². The van der Waals surface area contributed by atoms with Crippen LogP contribution in [0.1, 0.15) is 40.0 Å². The van der Waals surface area contributed by atoms with Crippen LogP contribution in [-0.4, -0.2) is 59.4 Å². The molecule has 6 heteroatoms. The third-order valence-corrected chi connectivity index (χ3v) is 5.83. The van der Waals surface area contributed by atoms with Crippen molar-refractivity contribution in [1.29, 1.82) is 0 Å². The van der Waals surface area contributed by atoms with E-state index >= 15 is 0 Å². The topological polar surface area (TPSA) is 76.1 Å². The van der Waals surface area contributed by atoms with Gasteiger partial charge in [0.1, 0.15) is 6.10 Å². The van der Waals surface area contributed by atoms with Crippen LogP contribution in [-0.2, 0) is 19.1 Å². The van der Waals surface area contributed by atoms with Gasteiger partial charge in [0.25, 0.3) is 0 Å². The van der Waals surface area contributed by atoms with Crippen molar-refractivity contribution < 1.29 is 24.2 Å². The van der Waals surface area contributed by atoms with Crippen LogP contribution in [0.4, 0.5) is 0 Å². The van der Waals surface area contributed by atoms with Gasteiger partial charge in [0.05, 0.1) is 12.6 Å².